The van der Waals surface area contributed by atoms with Crippen molar-refractivity contribution in [3.8, 4) is 33.9 Å². The minimum absolute atomic E-state index is 0.0775. The zero-order chi connectivity index (χ0) is 35.7. The van der Waals surface area contributed by atoms with Crippen molar-refractivity contribution in [2.45, 2.75) is 38.4 Å². The summed E-state index contributed by atoms with van der Waals surface area (Å²) in [6.07, 6.45) is 6.47. The van der Waals surface area contributed by atoms with Crippen LogP contribution in [-0.2, 0) is 20.7 Å². The number of hydrogen-bond acceptors (Lipinski definition) is 8. The van der Waals surface area contributed by atoms with Gasteiger partial charge in [-0.15, -0.1) is 0 Å². The number of hydrogen-bond donors (Lipinski definition) is 5. The van der Waals surface area contributed by atoms with E-state index in [1.165, 1.54) is 7.11 Å². The number of rotatable bonds is 12. The molecular weight excluding hydrogens is 646 g/mol. The Bertz CT molecular complexity index is 2080. The molecule has 0 fully saturated rings. The van der Waals surface area contributed by atoms with Crippen LogP contribution in [0.2, 0.25) is 0 Å². The van der Waals surface area contributed by atoms with Gasteiger partial charge in [-0.3, -0.25) is 19.6 Å². The van der Waals surface area contributed by atoms with Gasteiger partial charge in [0.2, 0.25) is 11.8 Å². The Balaban J connectivity index is 1.06. The van der Waals surface area contributed by atoms with Crippen LogP contribution >= 0.6 is 0 Å². The largest absolute Gasteiger partial charge is 0.453 e. The molecule has 0 radical (unpaired) electrons. The van der Waals surface area contributed by atoms with E-state index >= 15 is 0 Å². The van der Waals surface area contributed by atoms with E-state index in [1.54, 1.807) is 56.0 Å². The van der Waals surface area contributed by atoms with Crippen molar-refractivity contribution < 1.29 is 19.1 Å². The summed E-state index contributed by atoms with van der Waals surface area (Å²) < 4.78 is 4.71. The number of imidazole rings is 2. The van der Waals surface area contributed by atoms with Gasteiger partial charge in [-0.05, 0) is 49.2 Å². The number of benzene rings is 2. The van der Waals surface area contributed by atoms with Crippen molar-refractivity contribution in [3.05, 3.63) is 132 Å². The molecule has 13 nitrogen and oxygen atoms in total. The summed E-state index contributed by atoms with van der Waals surface area (Å²) in [6.45, 7) is 3.69. The van der Waals surface area contributed by atoms with Crippen LogP contribution in [-0.4, -0.2) is 54.9 Å². The van der Waals surface area contributed by atoms with Gasteiger partial charge < -0.3 is 30.7 Å². The van der Waals surface area contributed by atoms with Gasteiger partial charge in [0.25, 0.3) is 0 Å². The fraction of sp³-hybridized carbons (Fsp3) is 0.184. The van der Waals surface area contributed by atoms with E-state index in [1.807, 2.05) is 67.6 Å². The summed E-state index contributed by atoms with van der Waals surface area (Å²) in [5, 5.41) is 8.48. The van der Waals surface area contributed by atoms with Crippen LogP contribution < -0.4 is 16.0 Å². The molecule has 3 amide bonds. The van der Waals surface area contributed by atoms with Crippen molar-refractivity contribution in [2.75, 3.05) is 7.11 Å². The van der Waals surface area contributed by atoms with Gasteiger partial charge in [-0.25, -0.2) is 14.8 Å². The van der Waals surface area contributed by atoms with E-state index in [4.69, 9.17) is 4.74 Å². The highest BCUT2D eigenvalue weighted by Gasteiger charge is 2.25. The number of nitrogens with zero attached hydrogens (tertiary/aromatic N) is 4. The van der Waals surface area contributed by atoms with Crippen molar-refractivity contribution in [1.29, 1.82) is 0 Å². The lowest BCUT2D eigenvalue weighted by Crippen LogP contribution is -2.41. The SMILES string of the molecule is COC(=O)N[C@@H](C(=O)N[C@@H](C)c1ncc(-c2ccc(-c3ccc(-c4cnc([C@H](C)NC(=O)Cc5ccccc5)[nH]4)cn3)nc2)[nH]1)c1ccccc1. The second-order valence-corrected chi connectivity index (χ2v) is 11.9. The first-order valence-electron chi connectivity index (χ1n) is 16.3. The van der Waals surface area contributed by atoms with Gasteiger partial charge in [-0.1, -0.05) is 60.7 Å². The molecule has 0 saturated carbocycles. The topological polar surface area (TPSA) is 180 Å². The van der Waals surface area contributed by atoms with Crippen LogP contribution in [0.5, 0.6) is 0 Å². The van der Waals surface area contributed by atoms with Gasteiger partial charge >= 0.3 is 6.09 Å². The number of carbonyl (C=O) groups excluding carboxylic acids is 3. The highest BCUT2D eigenvalue weighted by molar-refractivity contribution is 5.87. The van der Waals surface area contributed by atoms with Crippen LogP contribution in [0.1, 0.15) is 54.7 Å². The normalized spacial score (nSPS) is 12.7. The fourth-order valence-electron chi connectivity index (χ4n) is 5.45. The monoisotopic (exact) mass is 683 g/mol. The Morgan fingerprint density at radius 1 is 0.647 bits per heavy atom. The van der Waals surface area contributed by atoms with Crippen LogP contribution in [0.15, 0.2) is 110 Å². The molecule has 0 saturated heterocycles. The van der Waals surface area contributed by atoms with Crippen molar-refractivity contribution >= 4 is 17.9 Å². The van der Waals surface area contributed by atoms with E-state index in [0.29, 0.717) is 35.0 Å². The molecule has 0 bridgehead atoms. The molecule has 6 aromatic rings. The number of methoxy groups -OCH3 is 1. The van der Waals surface area contributed by atoms with Crippen molar-refractivity contribution in [3.63, 3.8) is 0 Å². The lowest BCUT2D eigenvalue weighted by atomic mass is 10.1. The summed E-state index contributed by atoms with van der Waals surface area (Å²) in [4.78, 5) is 62.3. The molecule has 6 rings (SSSR count). The summed E-state index contributed by atoms with van der Waals surface area (Å²) in [6, 6.07) is 24.4. The van der Waals surface area contributed by atoms with Gasteiger partial charge in [0.1, 0.15) is 17.7 Å². The molecule has 258 valence electrons. The second kappa shape index (κ2) is 15.7. The molecule has 5 N–H and O–H groups in total. The standard InChI is InChI=1S/C38H37N9O4/c1-23(43-33(48)18-25-10-6-4-7-11-25)35-41-21-31(45-35)27-14-16-29(39-19-27)30-17-15-28(20-40-30)32-22-42-36(46-32)24(2)44-37(49)34(47-38(50)51-3)26-12-8-5-9-13-26/h4-17,19-24,34H,18H2,1-3H3,(H,41,45)(H,42,46)(H,43,48)(H,44,49)(H,47,50)/t23-,24-,34+/m0/s1. The molecule has 0 spiro atoms. The van der Waals surface area contributed by atoms with Gasteiger partial charge in [0, 0.05) is 23.5 Å². The Labute approximate surface area is 294 Å². The smallest absolute Gasteiger partial charge is 0.407 e. The van der Waals surface area contributed by atoms with Crippen molar-refractivity contribution in [1.82, 2.24) is 45.9 Å². The van der Waals surface area contributed by atoms with E-state index in [0.717, 1.165) is 28.1 Å². The third kappa shape index (κ3) is 8.51. The van der Waals surface area contributed by atoms with Crippen LogP contribution in [0.25, 0.3) is 33.9 Å². The number of H-pyrrole nitrogens is 2. The lowest BCUT2D eigenvalue weighted by molar-refractivity contribution is -0.124. The maximum Gasteiger partial charge on any atom is 0.407 e. The number of alkyl carbamates (subject to hydrolysis) is 1. The molecule has 0 aliphatic heterocycles. The highest BCUT2D eigenvalue weighted by atomic mass is 16.5. The average Bonchev–Trinajstić information content (AvgIpc) is 3.86. The fourth-order valence-corrected chi connectivity index (χ4v) is 5.45. The molecule has 51 heavy (non-hydrogen) atoms. The molecule has 4 heterocycles. The number of nitrogens with one attached hydrogen (secondary N) is 5. The zero-order valence-electron chi connectivity index (χ0n) is 28.3. The third-order valence-electron chi connectivity index (χ3n) is 8.21. The minimum Gasteiger partial charge on any atom is -0.453 e. The number of pyridine rings is 2. The number of carbonyl (C=O) groups is 3. The first-order chi connectivity index (χ1) is 24.8. The maximum absolute atomic E-state index is 13.2. The molecule has 0 aliphatic carbocycles. The van der Waals surface area contributed by atoms with E-state index < -0.39 is 24.1 Å². The summed E-state index contributed by atoms with van der Waals surface area (Å²) in [7, 11) is 1.24. The van der Waals surface area contributed by atoms with Crippen LogP contribution in [0.3, 0.4) is 0 Å². The molecule has 3 atom stereocenters. The Morgan fingerprint density at radius 3 is 1.69 bits per heavy atom. The quantitative estimate of drug-likeness (QED) is 0.110. The molecule has 0 aliphatic rings. The molecule has 2 aromatic carbocycles. The Morgan fingerprint density at radius 2 is 1.18 bits per heavy atom. The number of amides is 3. The van der Waals surface area contributed by atoms with Gasteiger partial charge in [-0.2, -0.15) is 0 Å². The summed E-state index contributed by atoms with van der Waals surface area (Å²) in [5.74, 6) is 0.701. The van der Waals surface area contributed by atoms with Crippen molar-refractivity contribution in [2.24, 2.45) is 0 Å². The predicted octanol–water partition coefficient (Wildman–Crippen LogP) is 5.62. The van der Waals surface area contributed by atoms with E-state index in [9.17, 15) is 14.4 Å². The summed E-state index contributed by atoms with van der Waals surface area (Å²) >= 11 is 0. The third-order valence-corrected chi connectivity index (χ3v) is 8.21. The predicted molar refractivity (Wildman–Crippen MR) is 191 cm³/mol. The van der Waals surface area contributed by atoms with Gasteiger partial charge in [0.05, 0.1) is 60.8 Å². The Kier molecular flexibility index (Phi) is 10.6. The second-order valence-electron chi connectivity index (χ2n) is 11.9. The molecular formula is C38H37N9O4. The Hall–Kier alpha value is -6.63. The summed E-state index contributed by atoms with van der Waals surface area (Å²) in [5.41, 5.74) is 6.11. The lowest BCUT2D eigenvalue weighted by Gasteiger charge is -2.20. The zero-order valence-corrected chi connectivity index (χ0v) is 28.3. The van der Waals surface area contributed by atoms with Crippen LogP contribution in [0, 0.1) is 0 Å². The highest BCUT2D eigenvalue weighted by Crippen LogP contribution is 2.25. The van der Waals surface area contributed by atoms with Gasteiger partial charge in [0.15, 0.2) is 0 Å². The first kappa shape index (κ1) is 34.2. The molecule has 13 heteroatoms. The number of ether oxygens (including phenoxy) is 1. The molecule has 4 aromatic heterocycles. The van der Waals surface area contributed by atoms with E-state index in [-0.39, 0.29) is 11.9 Å². The van der Waals surface area contributed by atoms with E-state index in [2.05, 4.69) is 45.9 Å². The maximum atomic E-state index is 13.2. The first-order valence-corrected chi connectivity index (χ1v) is 16.3. The minimum atomic E-state index is -0.944. The number of aromatic amines is 2. The molecule has 0 unspecified atom stereocenters. The van der Waals surface area contributed by atoms with Crippen LogP contribution in [0.4, 0.5) is 4.79 Å². The number of aromatic nitrogens is 6. The average molecular weight is 684 g/mol.